The summed E-state index contributed by atoms with van der Waals surface area (Å²) < 4.78 is 0. The number of carbonyl (C=O) groups is 5. The third-order valence-electron chi connectivity index (χ3n) is 6.14. The molecule has 2 heterocycles. The summed E-state index contributed by atoms with van der Waals surface area (Å²) in [5, 5.41) is 15.6. The predicted molar refractivity (Wildman–Crippen MR) is 120 cm³/mol. The molecule has 2 rings (SSSR count). The summed E-state index contributed by atoms with van der Waals surface area (Å²) in [7, 11) is 0. The topological polar surface area (TPSA) is 148 Å². The summed E-state index contributed by atoms with van der Waals surface area (Å²) in [6, 6.07) is 0. The zero-order valence-corrected chi connectivity index (χ0v) is 19.4. The molecule has 0 bridgehead atoms. The number of carboxylic acids is 1. The van der Waals surface area contributed by atoms with Gasteiger partial charge in [-0.15, -0.1) is 0 Å². The van der Waals surface area contributed by atoms with E-state index < -0.39 is 23.7 Å². The molecule has 2 fully saturated rings. The van der Waals surface area contributed by atoms with Gasteiger partial charge in [0.1, 0.15) is 0 Å². The highest BCUT2D eigenvalue weighted by Gasteiger charge is 2.34. The minimum Gasteiger partial charge on any atom is -0.481 e. The Morgan fingerprint density at radius 3 is 2.42 bits per heavy atom. The molecule has 0 aromatic rings. The first kappa shape index (κ1) is 26.7. The lowest BCUT2D eigenvalue weighted by Gasteiger charge is -2.35. The van der Waals surface area contributed by atoms with Gasteiger partial charge in [-0.25, -0.2) is 10.4 Å². The van der Waals surface area contributed by atoms with Crippen molar-refractivity contribution in [2.45, 2.75) is 58.3 Å². The number of carboxylic acid groups (broad SMARTS) is 1. The van der Waals surface area contributed by atoms with Crippen LogP contribution in [0.3, 0.4) is 0 Å². The lowest BCUT2D eigenvalue weighted by Crippen LogP contribution is -2.54. The highest BCUT2D eigenvalue weighted by atomic mass is 16.4. The number of likely N-dealkylation sites (tertiary alicyclic amines) is 1. The van der Waals surface area contributed by atoms with E-state index in [9.17, 15) is 24.0 Å². The van der Waals surface area contributed by atoms with E-state index in [1.54, 1.807) is 4.90 Å². The molecule has 1 atom stereocenters. The Morgan fingerprint density at radius 1 is 1.03 bits per heavy atom. The molecule has 4 amide bonds. The molecule has 0 unspecified atom stereocenters. The number of imide groups is 1. The van der Waals surface area contributed by atoms with Gasteiger partial charge >= 0.3 is 5.97 Å². The zero-order valence-electron chi connectivity index (χ0n) is 19.4. The number of amides is 4. The third-order valence-corrected chi connectivity index (χ3v) is 6.14. The van der Waals surface area contributed by atoms with Crippen molar-refractivity contribution in [2.75, 3.05) is 39.3 Å². The van der Waals surface area contributed by atoms with Gasteiger partial charge in [0, 0.05) is 45.9 Å². The average Bonchev–Trinajstić information content (AvgIpc) is 2.80. The highest BCUT2D eigenvalue weighted by Crippen LogP contribution is 2.22. The first-order valence-corrected chi connectivity index (χ1v) is 11.8. The van der Waals surface area contributed by atoms with E-state index in [-0.39, 0.29) is 44.3 Å². The van der Waals surface area contributed by atoms with E-state index in [1.165, 1.54) is 6.92 Å². The molecule has 0 saturated carbocycles. The molecule has 2 aliphatic heterocycles. The minimum atomic E-state index is -1.05. The number of hydrogen-bond acceptors (Lipinski definition) is 7. The van der Waals surface area contributed by atoms with E-state index in [1.807, 2.05) is 0 Å². The van der Waals surface area contributed by atoms with E-state index in [0.29, 0.717) is 31.7 Å². The molecule has 0 aromatic carbocycles. The van der Waals surface area contributed by atoms with Crippen LogP contribution in [-0.2, 0) is 24.0 Å². The largest absolute Gasteiger partial charge is 0.481 e. The normalized spacial score (nSPS) is 19.1. The van der Waals surface area contributed by atoms with Gasteiger partial charge in [0.25, 0.3) is 0 Å². The quantitative estimate of drug-likeness (QED) is 0.307. The molecule has 186 valence electrons. The summed E-state index contributed by atoms with van der Waals surface area (Å²) >= 11 is 0. The summed E-state index contributed by atoms with van der Waals surface area (Å²) in [6.07, 6.45) is 4.32. The van der Waals surface area contributed by atoms with E-state index in [4.69, 9.17) is 5.11 Å². The van der Waals surface area contributed by atoms with Crippen LogP contribution in [0, 0.1) is 11.8 Å². The maximum absolute atomic E-state index is 13.1. The molecule has 11 heteroatoms. The second-order valence-corrected chi connectivity index (χ2v) is 8.76. The Balaban J connectivity index is 1.93. The van der Waals surface area contributed by atoms with Crippen molar-refractivity contribution >= 4 is 29.6 Å². The van der Waals surface area contributed by atoms with E-state index >= 15 is 0 Å². The van der Waals surface area contributed by atoms with Gasteiger partial charge < -0.3 is 20.6 Å². The van der Waals surface area contributed by atoms with Crippen LogP contribution in [0.4, 0.5) is 0 Å². The second-order valence-electron chi connectivity index (χ2n) is 8.76. The predicted octanol–water partition coefficient (Wildman–Crippen LogP) is -0.134. The van der Waals surface area contributed by atoms with Crippen LogP contribution in [0.2, 0.25) is 0 Å². The molecule has 0 radical (unpaired) electrons. The fraction of sp³-hybridized carbons (Fsp3) is 0.773. The molecule has 0 aromatic heterocycles. The van der Waals surface area contributed by atoms with Gasteiger partial charge in [0.2, 0.25) is 23.6 Å². The van der Waals surface area contributed by atoms with Crippen molar-refractivity contribution in [3.63, 3.8) is 0 Å². The number of nitrogens with zero attached hydrogens (tertiary/aromatic N) is 2. The number of rotatable bonds is 11. The van der Waals surface area contributed by atoms with Crippen LogP contribution in [0.5, 0.6) is 0 Å². The van der Waals surface area contributed by atoms with Crippen molar-refractivity contribution in [3.05, 3.63) is 0 Å². The van der Waals surface area contributed by atoms with E-state index in [2.05, 4.69) is 16.1 Å². The monoisotopic (exact) mass is 467 g/mol. The minimum absolute atomic E-state index is 0.0356. The van der Waals surface area contributed by atoms with Crippen molar-refractivity contribution in [3.8, 4) is 0 Å². The molecule has 0 aliphatic carbocycles. The number of carbonyl (C=O) groups excluding carboxylic acids is 4. The first-order chi connectivity index (χ1) is 15.8. The lowest BCUT2D eigenvalue weighted by atomic mass is 9.92. The van der Waals surface area contributed by atoms with Crippen LogP contribution in [0.15, 0.2) is 0 Å². The number of aliphatic carboxylic acids is 1. The number of nitrogens with one attached hydrogen (secondary N) is 3. The molecule has 2 saturated heterocycles. The molecular weight excluding hydrogens is 430 g/mol. The molecule has 33 heavy (non-hydrogen) atoms. The number of piperidine rings is 2. The number of hydrazine groups is 1. The molecule has 4 N–H and O–H groups in total. The summed E-state index contributed by atoms with van der Waals surface area (Å²) in [5.41, 5.74) is 2.63. The second kappa shape index (κ2) is 13.9. The highest BCUT2D eigenvalue weighted by molar-refractivity contribution is 5.96. The summed E-state index contributed by atoms with van der Waals surface area (Å²) in [6.45, 7) is 4.14. The summed E-state index contributed by atoms with van der Waals surface area (Å²) in [4.78, 5) is 62.2. The Kier molecular flexibility index (Phi) is 11.2. The lowest BCUT2D eigenvalue weighted by molar-refractivity contribution is -0.154. The summed E-state index contributed by atoms with van der Waals surface area (Å²) in [5.74, 6) is -2.31. The standard InChI is InChI=1S/C22H37N5O6/c1-16(28)24-12-8-20(30)27(25-13-9-21(31)32)22(33)18-3-2-14-26(15-18)19(29)5-4-17-6-10-23-11-7-17/h17-18,23,25H,2-15H2,1H3,(H,24,28)(H,31,32)/t18-/m1/s1. The van der Waals surface area contributed by atoms with Crippen LogP contribution in [0.25, 0.3) is 0 Å². The maximum Gasteiger partial charge on any atom is 0.304 e. The molecule has 0 spiro atoms. The third kappa shape index (κ3) is 9.47. The van der Waals surface area contributed by atoms with Gasteiger partial charge in [0.15, 0.2) is 0 Å². The van der Waals surface area contributed by atoms with Crippen molar-refractivity contribution in [1.29, 1.82) is 0 Å². The molecule has 11 nitrogen and oxygen atoms in total. The first-order valence-electron chi connectivity index (χ1n) is 11.8. The van der Waals surface area contributed by atoms with Gasteiger partial charge in [-0.1, -0.05) is 0 Å². The number of hydrogen-bond donors (Lipinski definition) is 4. The Bertz CT molecular complexity index is 709. The zero-order chi connectivity index (χ0) is 24.2. The fourth-order valence-corrected chi connectivity index (χ4v) is 4.26. The van der Waals surface area contributed by atoms with Gasteiger partial charge in [0.05, 0.1) is 12.3 Å². The van der Waals surface area contributed by atoms with Crippen molar-refractivity contribution in [2.24, 2.45) is 11.8 Å². The van der Waals surface area contributed by atoms with Crippen molar-refractivity contribution < 1.29 is 29.1 Å². The van der Waals surface area contributed by atoms with Crippen LogP contribution >= 0.6 is 0 Å². The van der Waals surface area contributed by atoms with Crippen molar-refractivity contribution in [1.82, 2.24) is 26.0 Å². The van der Waals surface area contributed by atoms with Gasteiger partial charge in [-0.05, 0) is 51.1 Å². The van der Waals surface area contributed by atoms with Crippen LogP contribution in [0.1, 0.15) is 58.3 Å². The Morgan fingerprint density at radius 2 is 1.76 bits per heavy atom. The Hall–Kier alpha value is -2.53. The molecular formula is C22H37N5O6. The maximum atomic E-state index is 13.1. The van der Waals surface area contributed by atoms with Gasteiger partial charge in [-0.3, -0.25) is 24.0 Å². The fourth-order valence-electron chi connectivity index (χ4n) is 4.26. The van der Waals surface area contributed by atoms with Gasteiger partial charge in [-0.2, -0.15) is 0 Å². The van der Waals surface area contributed by atoms with Crippen LogP contribution < -0.4 is 16.1 Å². The van der Waals surface area contributed by atoms with E-state index in [0.717, 1.165) is 37.4 Å². The Labute approximate surface area is 194 Å². The smallest absolute Gasteiger partial charge is 0.304 e. The average molecular weight is 468 g/mol. The molecule has 2 aliphatic rings. The van der Waals surface area contributed by atoms with Crippen LogP contribution in [-0.4, -0.2) is 83.9 Å². The SMILES string of the molecule is CC(=O)NCCC(=O)N(NCCC(=O)O)C(=O)[C@@H]1CCCN(C(=O)CCC2CCNCC2)C1.